The van der Waals surface area contributed by atoms with Crippen LogP contribution in [0.2, 0.25) is 0 Å². The van der Waals surface area contributed by atoms with E-state index < -0.39 is 0 Å². The van der Waals surface area contributed by atoms with E-state index in [0.29, 0.717) is 11.8 Å². The summed E-state index contributed by atoms with van der Waals surface area (Å²) >= 11 is 0. The second kappa shape index (κ2) is 3.48. The van der Waals surface area contributed by atoms with Crippen LogP contribution in [0.1, 0.15) is 40.0 Å². The van der Waals surface area contributed by atoms with Gasteiger partial charge in [-0.3, -0.25) is 0 Å². The summed E-state index contributed by atoms with van der Waals surface area (Å²) in [6, 6.07) is 0. The van der Waals surface area contributed by atoms with Gasteiger partial charge in [-0.1, -0.05) is 37.6 Å². The molecule has 2 bridgehead atoms. The van der Waals surface area contributed by atoms with Crippen LogP contribution < -0.4 is 0 Å². The van der Waals surface area contributed by atoms with E-state index in [4.69, 9.17) is 0 Å². The number of hydrogen-bond acceptors (Lipinski definition) is 1. The monoisotopic (exact) mass is 206 g/mol. The van der Waals surface area contributed by atoms with Crippen LogP contribution in [0.25, 0.3) is 0 Å². The highest BCUT2D eigenvalue weighted by Crippen LogP contribution is 2.49. The Morgan fingerprint density at radius 1 is 1.40 bits per heavy atom. The fraction of sp³-hybridized carbons (Fsp3) is 0.714. The maximum atomic E-state index is 9.91. The molecular formula is C14H22O. The molecule has 1 N–H and O–H groups in total. The van der Waals surface area contributed by atoms with Gasteiger partial charge < -0.3 is 5.11 Å². The lowest BCUT2D eigenvalue weighted by Crippen LogP contribution is -2.29. The van der Waals surface area contributed by atoms with Crippen molar-refractivity contribution in [3.05, 3.63) is 23.8 Å². The Labute approximate surface area is 92.9 Å². The summed E-state index contributed by atoms with van der Waals surface area (Å²) in [4.78, 5) is 0. The van der Waals surface area contributed by atoms with E-state index >= 15 is 0 Å². The number of aliphatic hydroxyl groups excluding tert-OH is 1. The Morgan fingerprint density at radius 2 is 2.07 bits per heavy atom. The summed E-state index contributed by atoms with van der Waals surface area (Å²) in [6.07, 6.45) is 5.13. The van der Waals surface area contributed by atoms with E-state index in [1.165, 1.54) is 17.6 Å². The van der Waals surface area contributed by atoms with Crippen molar-refractivity contribution in [2.75, 3.05) is 0 Å². The zero-order chi connectivity index (χ0) is 11.2. The topological polar surface area (TPSA) is 20.2 Å². The summed E-state index contributed by atoms with van der Waals surface area (Å²) < 4.78 is 0. The Bertz CT molecular complexity index is 311. The molecule has 0 aromatic rings. The lowest BCUT2D eigenvalue weighted by atomic mass is 9.65. The maximum Gasteiger partial charge on any atom is 0.0583 e. The molecule has 1 nitrogen and oxygen atoms in total. The third-order valence-electron chi connectivity index (χ3n) is 4.21. The summed E-state index contributed by atoms with van der Waals surface area (Å²) in [7, 11) is 0. The summed E-state index contributed by atoms with van der Waals surface area (Å²) in [5.41, 5.74) is 2.94. The molecule has 0 unspecified atom stereocenters. The minimum Gasteiger partial charge on any atom is -0.393 e. The number of rotatable bonds is 0. The molecule has 15 heavy (non-hydrogen) atoms. The molecular weight excluding hydrogens is 184 g/mol. The van der Waals surface area contributed by atoms with Crippen molar-refractivity contribution in [1.29, 1.82) is 0 Å². The van der Waals surface area contributed by atoms with E-state index in [0.717, 1.165) is 12.8 Å². The SMILES string of the molecule is C=C1C[C@@H](O)C[C@H]2C[C@@H]1C(C)(C)C=C2C. The first-order valence-electron chi connectivity index (χ1n) is 5.95. The Hall–Kier alpha value is -0.560. The molecule has 0 heterocycles. The van der Waals surface area contributed by atoms with Crippen molar-refractivity contribution in [2.45, 2.75) is 46.1 Å². The molecule has 0 amide bonds. The van der Waals surface area contributed by atoms with Gasteiger partial charge in [-0.25, -0.2) is 0 Å². The van der Waals surface area contributed by atoms with Crippen LogP contribution in [0.5, 0.6) is 0 Å². The van der Waals surface area contributed by atoms with Crippen molar-refractivity contribution < 1.29 is 5.11 Å². The lowest BCUT2D eigenvalue weighted by Gasteiger charge is -2.39. The highest BCUT2D eigenvalue weighted by atomic mass is 16.3. The molecule has 0 saturated heterocycles. The molecule has 0 radical (unpaired) electrons. The molecule has 1 fully saturated rings. The molecule has 84 valence electrons. The number of hydrogen-bond donors (Lipinski definition) is 1. The van der Waals surface area contributed by atoms with Crippen LogP contribution in [-0.2, 0) is 0 Å². The Kier molecular flexibility index (Phi) is 2.54. The van der Waals surface area contributed by atoms with Gasteiger partial charge in [-0.2, -0.15) is 0 Å². The zero-order valence-electron chi connectivity index (χ0n) is 10.1. The molecule has 1 heteroatoms. The van der Waals surface area contributed by atoms with Gasteiger partial charge in [0.1, 0.15) is 0 Å². The van der Waals surface area contributed by atoms with E-state index in [9.17, 15) is 5.11 Å². The number of aliphatic hydroxyl groups is 1. The molecule has 3 atom stereocenters. The molecule has 2 aliphatic rings. The average molecular weight is 206 g/mol. The van der Waals surface area contributed by atoms with Gasteiger partial charge in [0.25, 0.3) is 0 Å². The van der Waals surface area contributed by atoms with Gasteiger partial charge >= 0.3 is 0 Å². The lowest BCUT2D eigenvalue weighted by molar-refractivity contribution is 0.153. The van der Waals surface area contributed by atoms with Gasteiger partial charge in [-0.15, -0.1) is 0 Å². The number of allylic oxidation sites excluding steroid dienone is 2. The smallest absolute Gasteiger partial charge is 0.0583 e. The molecule has 0 aromatic carbocycles. The first-order valence-corrected chi connectivity index (χ1v) is 5.95. The normalized spacial score (nSPS) is 39.6. The van der Waals surface area contributed by atoms with E-state index in [1.807, 2.05) is 0 Å². The standard InChI is InChI=1S/C14H22O/c1-9-5-12(15)6-11-7-13(9)14(3,4)8-10(11)2/h8,11-13,15H,1,5-7H2,2-4H3/t11-,12+,13-/m0/s1. The predicted molar refractivity (Wildman–Crippen MR) is 63.5 cm³/mol. The largest absolute Gasteiger partial charge is 0.393 e. The molecule has 0 aromatic heterocycles. The zero-order valence-corrected chi connectivity index (χ0v) is 10.1. The third-order valence-corrected chi connectivity index (χ3v) is 4.21. The van der Waals surface area contributed by atoms with E-state index in [2.05, 4.69) is 33.4 Å². The Balaban J connectivity index is 2.38. The van der Waals surface area contributed by atoms with Crippen LogP contribution in [0, 0.1) is 17.3 Å². The first-order chi connectivity index (χ1) is 6.90. The van der Waals surface area contributed by atoms with Crippen LogP contribution in [0.15, 0.2) is 23.8 Å². The fourth-order valence-electron chi connectivity index (χ4n) is 3.41. The van der Waals surface area contributed by atoms with Gasteiger partial charge in [0.2, 0.25) is 0 Å². The third kappa shape index (κ3) is 1.90. The average Bonchev–Trinajstić information content (AvgIpc) is 2.20. The van der Waals surface area contributed by atoms with Crippen molar-refractivity contribution >= 4 is 0 Å². The van der Waals surface area contributed by atoms with Crippen LogP contribution in [0.3, 0.4) is 0 Å². The van der Waals surface area contributed by atoms with E-state index in [-0.39, 0.29) is 11.5 Å². The second-order valence-electron chi connectivity index (χ2n) is 5.95. The molecule has 0 spiro atoms. The fourth-order valence-corrected chi connectivity index (χ4v) is 3.41. The second-order valence-corrected chi connectivity index (χ2v) is 5.95. The highest BCUT2D eigenvalue weighted by molar-refractivity contribution is 5.24. The van der Waals surface area contributed by atoms with Crippen LogP contribution in [-0.4, -0.2) is 11.2 Å². The van der Waals surface area contributed by atoms with Crippen LogP contribution in [0.4, 0.5) is 0 Å². The van der Waals surface area contributed by atoms with Crippen molar-refractivity contribution in [1.82, 2.24) is 0 Å². The van der Waals surface area contributed by atoms with E-state index in [1.54, 1.807) is 0 Å². The highest BCUT2D eigenvalue weighted by Gasteiger charge is 2.39. The minimum atomic E-state index is -0.176. The van der Waals surface area contributed by atoms with Crippen molar-refractivity contribution in [3.63, 3.8) is 0 Å². The predicted octanol–water partition coefficient (Wildman–Crippen LogP) is 3.31. The quantitative estimate of drug-likeness (QED) is 0.603. The molecule has 2 rings (SSSR count). The van der Waals surface area contributed by atoms with Crippen molar-refractivity contribution in [2.24, 2.45) is 17.3 Å². The Morgan fingerprint density at radius 3 is 2.73 bits per heavy atom. The van der Waals surface area contributed by atoms with Crippen LogP contribution >= 0.6 is 0 Å². The summed E-state index contributed by atoms with van der Waals surface area (Å²) in [6.45, 7) is 11.0. The summed E-state index contributed by atoms with van der Waals surface area (Å²) in [5, 5.41) is 9.91. The van der Waals surface area contributed by atoms with Gasteiger partial charge in [0.05, 0.1) is 6.10 Å². The first kappa shape index (κ1) is 10.9. The van der Waals surface area contributed by atoms with Crippen molar-refractivity contribution in [3.8, 4) is 0 Å². The van der Waals surface area contributed by atoms with Gasteiger partial charge in [0.15, 0.2) is 0 Å². The molecule has 2 aliphatic carbocycles. The molecule has 0 aliphatic heterocycles. The minimum absolute atomic E-state index is 0.176. The molecule has 1 saturated carbocycles. The van der Waals surface area contributed by atoms with Gasteiger partial charge in [-0.05, 0) is 43.4 Å². The summed E-state index contributed by atoms with van der Waals surface area (Å²) in [5.74, 6) is 1.14. The maximum absolute atomic E-state index is 9.91. The number of fused-ring (bicyclic) bond motifs is 2. The van der Waals surface area contributed by atoms with Gasteiger partial charge in [0, 0.05) is 0 Å².